The van der Waals surface area contributed by atoms with Crippen molar-refractivity contribution >= 4 is 29.4 Å². The smallest absolute Gasteiger partial charge is 0.248 e. The van der Waals surface area contributed by atoms with E-state index in [0.717, 1.165) is 39.6 Å². The van der Waals surface area contributed by atoms with Gasteiger partial charge >= 0.3 is 0 Å². The number of carbonyl (C=O) groups is 1. The average Bonchev–Trinajstić information content (AvgIpc) is 3.06. The molecule has 1 unspecified atom stereocenters. The fraction of sp³-hybridized carbons (Fsp3) is 0.304. The van der Waals surface area contributed by atoms with Crippen molar-refractivity contribution < 1.29 is 14.3 Å². The lowest BCUT2D eigenvalue weighted by molar-refractivity contribution is -0.111. The van der Waals surface area contributed by atoms with Crippen LogP contribution in [0.15, 0.2) is 47.4 Å². The van der Waals surface area contributed by atoms with E-state index in [2.05, 4.69) is 11.4 Å². The zero-order chi connectivity index (χ0) is 20.6. The molecule has 1 N–H and O–H groups in total. The quantitative estimate of drug-likeness (QED) is 0.375. The van der Waals surface area contributed by atoms with E-state index in [1.54, 1.807) is 17.8 Å². The number of fused-ring (bicyclic) bond motifs is 1. The second kappa shape index (κ2) is 10.0. The van der Waals surface area contributed by atoms with Crippen molar-refractivity contribution in [1.82, 2.24) is 0 Å². The Kier molecular flexibility index (Phi) is 7.20. The van der Waals surface area contributed by atoms with Crippen LogP contribution in [0.4, 0.5) is 5.69 Å². The van der Waals surface area contributed by atoms with Crippen LogP contribution in [0.25, 0.3) is 6.08 Å². The molecule has 1 atom stereocenters. The Balaban J connectivity index is 1.73. The molecule has 0 saturated heterocycles. The van der Waals surface area contributed by atoms with E-state index in [9.17, 15) is 4.79 Å². The normalized spacial score (nSPS) is 14.9. The van der Waals surface area contributed by atoms with E-state index in [4.69, 9.17) is 14.7 Å². The van der Waals surface area contributed by atoms with Gasteiger partial charge in [0, 0.05) is 40.7 Å². The monoisotopic (exact) mass is 408 g/mol. The number of para-hydroxylation sites is 1. The molecule has 1 heterocycles. The number of carbonyl (C=O) groups excluding carboxylic acids is 1. The SMILES string of the molecule is CCOc1cc2c(cc1/C=C/C(=O)Nc1ccccc1SCCC#N)OC(C)C2. The maximum absolute atomic E-state index is 12.5. The Labute approximate surface area is 175 Å². The molecule has 150 valence electrons. The van der Waals surface area contributed by atoms with Crippen molar-refractivity contribution in [3.05, 3.63) is 53.6 Å². The second-order valence-corrected chi connectivity index (χ2v) is 7.78. The maximum Gasteiger partial charge on any atom is 0.248 e. The number of hydrogen-bond donors (Lipinski definition) is 1. The predicted octanol–water partition coefficient (Wildman–Crippen LogP) is 5.07. The number of rotatable bonds is 8. The molecule has 2 aromatic carbocycles. The summed E-state index contributed by atoms with van der Waals surface area (Å²) in [5, 5.41) is 11.6. The first-order chi connectivity index (χ1) is 14.1. The van der Waals surface area contributed by atoms with E-state index in [1.807, 2.05) is 50.2 Å². The van der Waals surface area contributed by atoms with Gasteiger partial charge in [-0.2, -0.15) is 5.26 Å². The van der Waals surface area contributed by atoms with Crippen molar-refractivity contribution in [2.75, 3.05) is 17.7 Å². The molecular weight excluding hydrogens is 384 g/mol. The number of benzene rings is 2. The molecule has 0 fully saturated rings. The predicted molar refractivity (Wildman–Crippen MR) is 116 cm³/mol. The molecule has 0 aliphatic carbocycles. The zero-order valence-electron chi connectivity index (χ0n) is 16.6. The molecule has 1 amide bonds. The first kappa shape index (κ1) is 20.8. The molecule has 6 heteroatoms. The van der Waals surface area contributed by atoms with Crippen LogP contribution in [0.1, 0.15) is 31.4 Å². The highest BCUT2D eigenvalue weighted by Gasteiger charge is 2.21. The molecule has 0 spiro atoms. The van der Waals surface area contributed by atoms with Gasteiger partial charge in [-0.3, -0.25) is 4.79 Å². The zero-order valence-corrected chi connectivity index (χ0v) is 17.4. The Morgan fingerprint density at radius 2 is 2.24 bits per heavy atom. The van der Waals surface area contributed by atoms with Gasteiger partial charge in [0.25, 0.3) is 0 Å². The first-order valence-electron chi connectivity index (χ1n) is 9.65. The van der Waals surface area contributed by atoms with Crippen LogP contribution >= 0.6 is 11.8 Å². The summed E-state index contributed by atoms with van der Waals surface area (Å²) >= 11 is 1.55. The fourth-order valence-electron chi connectivity index (χ4n) is 3.11. The Hall–Kier alpha value is -2.91. The lowest BCUT2D eigenvalue weighted by atomic mass is 10.1. The van der Waals surface area contributed by atoms with Gasteiger partial charge in [0.05, 0.1) is 18.4 Å². The van der Waals surface area contributed by atoms with Crippen LogP contribution in [0.3, 0.4) is 0 Å². The van der Waals surface area contributed by atoms with E-state index < -0.39 is 0 Å². The van der Waals surface area contributed by atoms with Crippen LogP contribution < -0.4 is 14.8 Å². The summed E-state index contributed by atoms with van der Waals surface area (Å²) in [6.45, 7) is 4.53. The van der Waals surface area contributed by atoms with Crippen LogP contribution in [-0.4, -0.2) is 24.4 Å². The third-order valence-electron chi connectivity index (χ3n) is 4.36. The molecule has 29 heavy (non-hydrogen) atoms. The molecule has 1 aliphatic rings. The number of nitriles is 1. The number of hydrogen-bond acceptors (Lipinski definition) is 5. The largest absolute Gasteiger partial charge is 0.493 e. The van der Waals surface area contributed by atoms with E-state index in [-0.39, 0.29) is 12.0 Å². The third-order valence-corrected chi connectivity index (χ3v) is 5.43. The molecular formula is C23H24N2O3S. The lowest BCUT2D eigenvalue weighted by Crippen LogP contribution is -2.08. The highest BCUT2D eigenvalue weighted by atomic mass is 32.2. The lowest BCUT2D eigenvalue weighted by Gasteiger charge is -2.10. The number of ether oxygens (including phenoxy) is 2. The summed E-state index contributed by atoms with van der Waals surface area (Å²) in [5.74, 6) is 2.06. The van der Waals surface area contributed by atoms with Gasteiger partial charge < -0.3 is 14.8 Å². The Morgan fingerprint density at radius 3 is 3.03 bits per heavy atom. The average molecular weight is 409 g/mol. The Morgan fingerprint density at radius 1 is 1.41 bits per heavy atom. The number of anilines is 1. The summed E-state index contributed by atoms with van der Waals surface area (Å²) in [6, 6.07) is 13.6. The standard InChI is InChI=1S/C23H24N2O3S/c1-3-27-20-15-18-13-16(2)28-21(18)14-17(20)9-10-23(26)25-19-7-4-5-8-22(19)29-12-6-11-24/h4-5,7-10,14-16H,3,6,12-13H2,1-2H3,(H,25,26)/b10-9+. The van der Waals surface area contributed by atoms with E-state index in [0.29, 0.717) is 18.8 Å². The van der Waals surface area contributed by atoms with Crippen LogP contribution in [0.2, 0.25) is 0 Å². The summed E-state index contributed by atoms with van der Waals surface area (Å²) in [7, 11) is 0. The van der Waals surface area contributed by atoms with Gasteiger partial charge in [-0.15, -0.1) is 11.8 Å². The fourth-order valence-corrected chi connectivity index (χ4v) is 3.97. The van der Waals surface area contributed by atoms with Gasteiger partial charge in [0.2, 0.25) is 5.91 Å². The van der Waals surface area contributed by atoms with Crippen LogP contribution in [0.5, 0.6) is 11.5 Å². The highest BCUT2D eigenvalue weighted by molar-refractivity contribution is 7.99. The van der Waals surface area contributed by atoms with E-state index >= 15 is 0 Å². The molecule has 1 aliphatic heterocycles. The highest BCUT2D eigenvalue weighted by Crippen LogP contribution is 2.35. The summed E-state index contributed by atoms with van der Waals surface area (Å²) in [6.07, 6.45) is 4.72. The summed E-state index contributed by atoms with van der Waals surface area (Å²) < 4.78 is 11.6. The van der Waals surface area contributed by atoms with Gasteiger partial charge in [-0.05, 0) is 44.2 Å². The van der Waals surface area contributed by atoms with Crippen molar-refractivity contribution in [2.45, 2.75) is 37.7 Å². The molecule has 0 radical (unpaired) electrons. The number of nitrogens with zero attached hydrogens (tertiary/aromatic N) is 1. The summed E-state index contributed by atoms with van der Waals surface area (Å²) in [5.41, 5.74) is 2.68. The van der Waals surface area contributed by atoms with Crippen molar-refractivity contribution in [3.8, 4) is 17.6 Å². The number of thioether (sulfide) groups is 1. The summed E-state index contributed by atoms with van der Waals surface area (Å²) in [4.78, 5) is 13.4. The maximum atomic E-state index is 12.5. The van der Waals surface area contributed by atoms with Gasteiger partial charge in [-0.25, -0.2) is 0 Å². The number of amides is 1. The molecule has 5 nitrogen and oxygen atoms in total. The van der Waals surface area contributed by atoms with Gasteiger partial charge in [0.15, 0.2) is 0 Å². The molecule has 2 aromatic rings. The number of nitrogens with one attached hydrogen (secondary N) is 1. The van der Waals surface area contributed by atoms with Gasteiger partial charge in [-0.1, -0.05) is 12.1 Å². The Bertz CT molecular complexity index is 950. The van der Waals surface area contributed by atoms with Crippen molar-refractivity contribution in [1.29, 1.82) is 5.26 Å². The minimum absolute atomic E-state index is 0.150. The van der Waals surface area contributed by atoms with Crippen molar-refractivity contribution in [3.63, 3.8) is 0 Å². The van der Waals surface area contributed by atoms with Gasteiger partial charge in [0.1, 0.15) is 17.6 Å². The first-order valence-corrected chi connectivity index (χ1v) is 10.6. The molecule has 0 aromatic heterocycles. The van der Waals surface area contributed by atoms with Crippen LogP contribution in [-0.2, 0) is 11.2 Å². The van der Waals surface area contributed by atoms with Crippen molar-refractivity contribution in [2.24, 2.45) is 0 Å². The topological polar surface area (TPSA) is 71.3 Å². The minimum Gasteiger partial charge on any atom is -0.493 e. The van der Waals surface area contributed by atoms with Crippen LogP contribution in [0, 0.1) is 11.3 Å². The molecule has 3 rings (SSSR count). The third kappa shape index (κ3) is 5.55. The second-order valence-electron chi connectivity index (χ2n) is 6.64. The van der Waals surface area contributed by atoms with E-state index in [1.165, 1.54) is 6.08 Å². The molecule has 0 bridgehead atoms. The molecule has 0 saturated carbocycles. The minimum atomic E-state index is -0.226.